The third-order valence-electron chi connectivity index (χ3n) is 4.26. The predicted molar refractivity (Wildman–Crippen MR) is 81.4 cm³/mol. The van der Waals surface area contributed by atoms with E-state index in [1.54, 1.807) is 0 Å². The Balaban J connectivity index is 2.14. The number of rotatable bonds is 3. The zero-order valence-electron chi connectivity index (χ0n) is 12.5. The number of carboxylic acids is 1. The number of aryl methyl sites for hydroxylation is 1. The summed E-state index contributed by atoms with van der Waals surface area (Å²) in [5, 5.41) is 9.42. The van der Waals surface area contributed by atoms with Gasteiger partial charge in [-0.1, -0.05) is 29.8 Å². The van der Waals surface area contributed by atoms with Crippen molar-refractivity contribution in [2.45, 2.75) is 45.6 Å². The number of aliphatic carboxylic acids is 1. The number of nitrogens with zero attached hydrogens (tertiary/aromatic N) is 2. The van der Waals surface area contributed by atoms with Crippen LogP contribution < -0.4 is 0 Å². The van der Waals surface area contributed by atoms with Gasteiger partial charge in [0, 0.05) is 17.8 Å². The summed E-state index contributed by atoms with van der Waals surface area (Å²) < 4.78 is 2.18. The van der Waals surface area contributed by atoms with Crippen LogP contribution in [0.2, 0.25) is 0 Å². The summed E-state index contributed by atoms with van der Waals surface area (Å²) in [7, 11) is 0. The van der Waals surface area contributed by atoms with Gasteiger partial charge in [0.25, 0.3) is 0 Å². The monoisotopic (exact) mass is 284 g/mol. The Kier molecular flexibility index (Phi) is 3.53. The molecule has 0 fully saturated rings. The Labute approximate surface area is 124 Å². The summed E-state index contributed by atoms with van der Waals surface area (Å²) >= 11 is 0. The second kappa shape index (κ2) is 5.35. The molecule has 0 radical (unpaired) electrons. The van der Waals surface area contributed by atoms with Gasteiger partial charge in [0.1, 0.15) is 11.7 Å². The van der Waals surface area contributed by atoms with E-state index in [4.69, 9.17) is 4.98 Å². The first kappa shape index (κ1) is 13.9. The van der Waals surface area contributed by atoms with Gasteiger partial charge in [-0.05, 0) is 33.1 Å². The summed E-state index contributed by atoms with van der Waals surface area (Å²) in [5.41, 5.74) is 4.14. The van der Waals surface area contributed by atoms with E-state index in [0.29, 0.717) is 6.42 Å². The van der Waals surface area contributed by atoms with E-state index < -0.39 is 11.9 Å². The van der Waals surface area contributed by atoms with Crippen LogP contribution in [0.25, 0.3) is 11.4 Å². The normalized spacial score (nSPS) is 17.5. The van der Waals surface area contributed by atoms with Crippen LogP contribution in [0, 0.1) is 6.92 Å². The highest BCUT2D eigenvalue weighted by molar-refractivity contribution is 5.76. The molecule has 4 heteroatoms. The SMILES string of the molecule is CCn1c(-c2ccc(C)cc2)nc2c1CCCC2C(=O)O. The van der Waals surface area contributed by atoms with Crippen LogP contribution in [0.1, 0.15) is 42.6 Å². The molecule has 1 aliphatic rings. The molecule has 4 nitrogen and oxygen atoms in total. The van der Waals surface area contributed by atoms with Crippen LogP contribution in [0.15, 0.2) is 24.3 Å². The van der Waals surface area contributed by atoms with E-state index in [1.807, 2.05) is 0 Å². The van der Waals surface area contributed by atoms with Crippen LogP contribution in [-0.4, -0.2) is 20.6 Å². The predicted octanol–water partition coefficient (Wildman–Crippen LogP) is 3.38. The Morgan fingerprint density at radius 3 is 2.71 bits per heavy atom. The van der Waals surface area contributed by atoms with Crippen molar-refractivity contribution in [2.24, 2.45) is 0 Å². The molecule has 0 saturated carbocycles. The van der Waals surface area contributed by atoms with Crippen molar-refractivity contribution in [2.75, 3.05) is 0 Å². The summed E-state index contributed by atoms with van der Waals surface area (Å²) in [6.07, 6.45) is 2.53. The van der Waals surface area contributed by atoms with E-state index >= 15 is 0 Å². The Morgan fingerprint density at radius 2 is 2.10 bits per heavy atom. The molecule has 3 rings (SSSR count). The minimum atomic E-state index is -0.757. The lowest BCUT2D eigenvalue weighted by atomic mass is 9.90. The third kappa shape index (κ3) is 2.35. The molecular weight excluding hydrogens is 264 g/mol. The molecule has 1 aromatic heterocycles. The third-order valence-corrected chi connectivity index (χ3v) is 4.26. The molecule has 0 aliphatic heterocycles. The standard InChI is InChI=1S/C17H20N2O2/c1-3-19-14-6-4-5-13(17(20)21)15(14)18-16(19)12-9-7-11(2)8-10-12/h7-10,13H,3-6H2,1-2H3,(H,20,21). The first-order chi connectivity index (χ1) is 10.1. The highest BCUT2D eigenvalue weighted by atomic mass is 16.4. The lowest BCUT2D eigenvalue weighted by Crippen LogP contribution is -2.19. The number of aromatic nitrogens is 2. The van der Waals surface area contributed by atoms with Gasteiger partial charge in [-0.3, -0.25) is 4.79 Å². The molecule has 1 N–H and O–H groups in total. The second-order valence-electron chi connectivity index (χ2n) is 5.66. The van der Waals surface area contributed by atoms with Crippen molar-refractivity contribution in [3.8, 4) is 11.4 Å². The molecule has 1 heterocycles. The van der Waals surface area contributed by atoms with E-state index in [0.717, 1.165) is 42.2 Å². The maximum atomic E-state index is 11.5. The fourth-order valence-electron chi connectivity index (χ4n) is 3.16. The van der Waals surface area contributed by atoms with E-state index in [2.05, 4.69) is 42.7 Å². The molecule has 1 aliphatic carbocycles. The average Bonchev–Trinajstić information content (AvgIpc) is 2.86. The van der Waals surface area contributed by atoms with Gasteiger partial charge in [-0.2, -0.15) is 0 Å². The zero-order chi connectivity index (χ0) is 15.0. The lowest BCUT2D eigenvalue weighted by molar-refractivity contribution is -0.139. The molecule has 1 aromatic carbocycles. The molecular formula is C17H20N2O2. The average molecular weight is 284 g/mol. The first-order valence-corrected chi connectivity index (χ1v) is 7.51. The first-order valence-electron chi connectivity index (χ1n) is 7.51. The van der Waals surface area contributed by atoms with Crippen molar-refractivity contribution in [1.82, 2.24) is 9.55 Å². The minimum absolute atomic E-state index is 0.453. The Bertz CT molecular complexity index is 671. The van der Waals surface area contributed by atoms with Crippen molar-refractivity contribution in [3.63, 3.8) is 0 Å². The number of carboxylic acid groups (broad SMARTS) is 1. The molecule has 21 heavy (non-hydrogen) atoms. The van der Waals surface area contributed by atoms with E-state index in [1.165, 1.54) is 5.56 Å². The molecule has 0 spiro atoms. The van der Waals surface area contributed by atoms with Crippen molar-refractivity contribution >= 4 is 5.97 Å². The number of hydrogen-bond donors (Lipinski definition) is 1. The van der Waals surface area contributed by atoms with Gasteiger partial charge >= 0.3 is 5.97 Å². The molecule has 1 atom stereocenters. The smallest absolute Gasteiger partial charge is 0.312 e. The fourth-order valence-corrected chi connectivity index (χ4v) is 3.16. The number of imidazole rings is 1. The number of benzene rings is 1. The molecule has 0 bridgehead atoms. The minimum Gasteiger partial charge on any atom is -0.481 e. The fraction of sp³-hybridized carbons (Fsp3) is 0.412. The molecule has 0 amide bonds. The highest BCUT2D eigenvalue weighted by Gasteiger charge is 2.31. The quantitative estimate of drug-likeness (QED) is 0.940. The topological polar surface area (TPSA) is 55.1 Å². The van der Waals surface area contributed by atoms with Gasteiger partial charge in [-0.15, -0.1) is 0 Å². The van der Waals surface area contributed by atoms with Crippen LogP contribution >= 0.6 is 0 Å². The van der Waals surface area contributed by atoms with E-state index in [-0.39, 0.29) is 0 Å². The van der Waals surface area contributed by atoms with Gasteiger partial charge in [0.2, 0.25) is 0 Å². The number of fused-ring (bicyclic) bond motifs is 1. The van der Waals surface area contributed by atoms with Crippen LogP contribution in [0.4, 0.5) is 0 Å². The van der Waals surface area contributed by atoms with Crippen LogP contribution in [0.3, 0.4) is 0 Å². The summed E-state index contributed by atoms with van der Waals surface area (Å²) in [6.45, 7) is 4.96. The van der Waals surface area contributed by atoms with Gasteiger partial charge in [0.15, 0.2) is 0 Å². The zero-order valence-corrected chi connectivity index (χ0v) is 12.5. The maximum absolute atomic E-state index is 11.5. The van der Waals surface area contributed by atoms with Crippen molar-refractivity contribution in [3.05, 3.63) is 41.2 Å². The van der Waals surface area contributed by atoms with Gasteiger partial charge in [0.05, 0.1) is 5.69 Å². The van der Waals surface area contributed by atoms with Crippen molar-refractivity contribution in [1.29, 1.82) is 0 Å². The second-order valence-corrected chi connectivity index (χ2v) is 5.66. The molecule has 2 aromatic rings. The van der Waals surface area contributed by atoms with Crippen molar-refractivity contribution < 1.29 is 9.90 Å². The van der Waals surface area contributed by atoms with Gasteiger partial charge < -0.3 is 9.67 Å². The lowest BCUT2D eigenvalue weighted by Gasteiger charge is -2.19. The maximum Gasteiger partial charge on any atom is 0.312 e. The Hall–Kier alpha value is -2.10. The summed E-state index contributed by atoms with van der Waals surface area (Å²) in [6, 6.07) is 8.26. The molecule has 0 saturated heterocycles. The Morgan fingerprint density at radius 1 is 1.38 bits per heavy atom. The molecule has 110 valence electrons. The largest absolute Gasteiger partial charge is 0.481 e. The van der Waals surface area contributed by atoms with Crippen LogP contribution in [-0.2, 0) is 17.8 Å². The molecule has 1 unspecified atom stereocenters. The number of carbonyl (C=O) groups is 1. The summed E-state index contributed by atoms with van der Waals surface area (Å²) in [5.74, 6) is -0.312. The van der Waals surface area contributed by atoms with Crippen LogP contribution in [0.5, 0.6) is 0 Å². The van der Waals surface area contributed by atoms with E-state index in [9.17, 15) is 9.90 Å². The highest BCUT2D eigenvalue weighted by Crippen LogP contribution is 2.34. The van der Waals surface area contributed by atoms with Gasteiger partial charge in [-0.25, -0.2) is 4.98 Å². The number of hydrogen-bond acceptors (Lipinski definition) is 2. The summed E-state index contributed by atoms with van der Waals surface area (Å²) in [4.78, 5) is 16.2.